The standard InChI is InChI=1S/C39H52O23/c40-14-39(54)15-58-38(34(39)52)57-13-25-32(61-26(46)6-3-16-1-4-19(41)21(43)9-16)18(27(47)36(60-25)55-8-7-17-2-5-20(42)22(44)10-17)11-24-33(29(49)30(50)35(53)59-24)62-37-31(51)28(48)23(45)12-56-37/h1-6,9-10,18,23-25,27-38,40-45,47-54H,7-8,11-15H2/b6-3+/t18-,23+,24+,25-,27-,28+,29-,30-,31-,32+,33-,34+,35-,36-,37+,38-,39-/m1/s1. The van der Waals surface area contributed by atoms with Crippen LogP contribution in [0.4, 0.5) is 0 Å². The van der Waals surface area contributed by atoms with E-state index in [0.717, 1.165) is 12.1 Å². The first-order chi connectivity index (χ1) is 29.4. The highest BCUT2D eigenvalue weighted by Crippen LogP contribution is 2.38. The largest absolute Gasteiger partial charge is 0.504 e. The summed E-state index contributed by atoms with van der Waals surface area (Å²) in [5.41, 5.74) is -1.36. The third-order valence-corrected chi connectivity index (χ3v) is 11.1. The number of phenols is 4. The molecule has 4 heterocycles. The number of carbonyl (C=O) groups is 1. The van der Waals surface area contributed by atoms with Crippen LogP contribution in [0.15, 0.2) is 42.5 Å². The second-order valence-corrected chi connectivity index (χ2v) is 15.5. The smallest absolute Gasteiger partial charge is 0.331 e. The van der Waals surface area contributed by atoms with Gasteiger partial charge >= 0.3 is 5.97 Å². The molecule has 0 spiro atoms. The van der Waals surface area contributed by atoms with E-state index in [9.17, 15) is 76.3 Å². The Hall–Kier alpha value is -3.83. The highest BCUT2D eigenvalue weighted by Gasteiger charge is 2.55. The van der Waals surface area contributed by atoms with E-state index < -0.39 is 160 Å². The van der Waals surface area contributed by atoms with Crippen molar-refractivity contribution in [3.05, 3.63) is 53.6 Å². The lowest BCUT2D eigenvalue weighted by molar-refractivity contribution is -0.347. The van der Waals surface area contributed by atoms with Gasteiger partial charge < -0.3 is 109 Å². The molecule has 0 bridgehead atoms. The van der Waals surface area contributed by atoms with Crippen LogP contribution in [0.1, 0.15) is 17.5 Å². The van der Waals surface area contributed by atoms with Crippen LogP contribution in [0.2, 0.25) is 0 Å². The van der Waals surface area contributed by atoms with Crippen LogP contribution in [0.5, 0.6) is 23.0 Å². The number of ether oxygens (including phenoxy) is 8. The Labute approximate surface area is 352 Å². The van der Waals surface area contributed by atoms with Crippen molar-refractivity contribution in [1.82, 2.24) is 0 Å². The Morgan fingerprint density at radius 2 is 1.45 bits per heavy atom. The van der Waals surface area contributed by atoms with Gasteiger partial charge in [-0.15, -0.1) is 0 Å². The lowest BCUT2D eigenvalue weighted by Crippen LogP contribution is -2.64. The number of aliphatic hydroxyl groups is 10. The highest BCUT2D eigenvalue weighted by atomic mass is 16.7. The Balaban J connectivity index is 1.32. The van der Waals surface area contributed by atoms with Gasteiger partial charge in [-0.3, -0.25) is 0 Å². The van der Waals surface area contributed by atoms with E-state index in [1.54, 1.807) is 0 Å². The molecular weight excluding hydrogens is 836 g/mol. The van der Waals surface area contributed by atoms with Gasteiger partial charge in [-0.1, -0.05) is 12.1 Å². The van der Waals surface area contributed by atoms with E-state index in [-0.39, 0.29) is 24.3 Å². The van der Waals surface area contributed by atoms with E-state index in [1.165, 1.54) is 36.4 Å². The van der Waals surface area contributed by atoms with Gasteiger partial charge in [0.15, 0.2) is 48.2 Å². The Bertz CT molecular complexity index is 1830. The van der Waals surface area contributed by atoms with Crippen molar-refractivity contribution in [3.63, 3.8) is 0 Å². The van der Waals surface area contributed by atoms with Gasteiger partial charge in [0, 0.05) is 12.0 Å². The van der Waals surface area contributed by atoms with E-state index in [0.29, 0.717) is 5.56 Å². The number of rotatable bonds is 15. The van der Waals surface area contributed by atoms with Crippen molar-refractivity contribution in [1.29, 1.82) is 0 Å². The van der Waals surface area contributed by atoms with E-state index >= 15 is 0 Å². The molecule has 346 valence electrons. The van der Waals surface area contributed by atoms with Crippen molar-refractivity contribution < 1.29 is 114 Å². The fourth-order valence-corrected chi connectivity index (χ4v) is 7.43. The van der Waals surface area contributed by atoms with Crippen molar-refractivity contribution >= 4 is 12.0 Å². The van der Waals surface area contributed by atoms with Gasteiger partial charge in [-0.25, -0.2) is 4.79 Å². The molecule has 2 aromatic carbocycles. The van der Waals surface area contributed by atoms with E-state index in [1.807, 2.05) is 0 Å². The number of aliphatic hydroxyl groups excluding tert-OH is 9. The number of phenolic OH excluding ortho intramolecular Hbond substituents is 4. The monoisotopic (exact) mass is 888 g/mol. The predicted molar refractivity (Wildman–Crippen MR) is 200 cm³/mol. The number of carbonyl (C=O) groups excluding carboxylic acids is 1. The maximum atomic E-state index is 13.5. The lowest BCUT2D eigenvalue weighted by Gasteiger charge is -2.48. The van der Waals surface area contributed by atoms with Gasteiger partial charge in [0.25, 0.3) is 0 Å². The van der Waals surface area contributed by atoms with E-state index in [4.69, 9.17) is 37.9 Å². The molecule has 14 N–H and O–H groups in total. The molecule has 4 aliphatic heterocycles. The molecule has 6 rings (SSSR count). The molecule has 0 amide bonds. The van der Waals surface area contributed by atoms with Crippen LogP contribution >= 0.6 is 0 Å². The minimum Gasteiger partial charge on any atom is -0.504 e. The summed E-state index contributed by atoms with van der Waals surface area (Å²) in [4.78, 5) is 13.5. The second-order valence-electron chi connectivity index (χ2n) is 15.5. The maximum Gasteiger partial charge on any atom is 0.331 e. The molecule has 17 atom stereocenters. The average molecular weight is 889 g/mol. The van der Waals surface area contributed by atoms with E-state index in [2.05, 4.69) is 0 Å². The third kappa shape index (κ3) is 10.7. The number of aromatic hydroxyl groups is 4. The van der Waals surface area contributed by atoms with Crippen molar-refractivity contribution in [3.8, 4) is 23.0 Å². The molecule has 2 aromatic rings. The molecule has 23 heteroatoms. The SMILES string of the molecule is O=C(/C=C/c1ccc(O)c(O)c1)O[C@H]1[C@H](C[C@@H]2O[C@@H](O)[C@H](O)[C@@H](O)[C@@H]2O[C@@H]2OC[C@H](O)[C@H](O)[C@H]2O)[C@@H](O)[C@H](OCCc2ccc(O)c(O)c2)O[C@@H]1CO[C@@H]1OC[C@](O)(CO)[C@H]1O. The summed E-state index contributed by atoms with van der Waals surface area (Å²) in [6.45, 7) is -2.79. The molecule has 62 heavy (non-hydrogen) atoms. The first kappa shape index (κ1) is 47.6. The fourth-order valence-electron chi connectivity index (χ4n) is 7.43. The number of esters is 1. The zero-order chi connectivity index (χ0) is 45.0. The Morgan fingerprint density at radius 3 is 2.13 bits per heavy atom. The van der Waals surface area contributed by atoms with Crippen LogP contribution < -0.4 is 0 Å². The summed E-state index contributed by atoms with van der Waals surface area (Å²) in [5.74, 6) is -4.20. The Morgan fingerprint density at radius 1 is 0.742 bits per heavy atom. The maximum absolute atomic E-state index is 13.5. The summed E-state index contributed by atoms with van der Waals surface area (Å²) in [5, 5.41) is 145. The molecule has 23 nitrogen and oxygen atoms in total. The van der Waals surface area contributed by atoms with Gasteiger partial charge in [-0.05, 0) is 54.3 Å². The molecule has 0 unspecified atom stereocenters. The van der Waals surface area contributed by atoms with Gasteiger partial charge in [0.2, 0.25) is 0 Å². The van der Waals surface area contributed by atoms with Gasteiger partial charge in [-0.2, -0.15) is 0 Å². The van der Waals surface area contributed by atoms with Gasteiger partial charge in [0.05, 0.1) is 39.1 Å². The Kier molecular flexibility index (Phi) is 15.6. The first-order valence-electron chi connectivity index (χ1n) is 19.5. The van der Waals surface area contributed by atoms with Crippen LogP contribution in [0.25, 0.3) is 6.08 Å². The van der Waals surface area contributed by atoms with Crippen LogP contribution in [-0.4, -0.2) is 208 Å². The summed E-state index contributed by atoms with van der Waals surface area (Å²) in [6, 6.07) is 7.70. The molecule has 4 aliphatic rings. The zero-order valence-electron chi connectivity index (χ0n) is 32.7. The molecular formula is C39H52O23. The molecule has 4 saturated heterocycles. The van der Waals surface area contributed by atoms with Crippen molar-refractivity contribution in [2.75, 3.05) is 33.0 Å². The molecule has 0 aliphatic carbocycles. The van der Waals surface area contributed by atoms with Crippen molar-refractivity contribution in [2.45, 2.75) is 111 Å². The van der Waals surface area contributed by atoms with Crippen molar-refractivity contribution in [2.24, 2.45) is 5.92 Å². The minimum absolute atomic E-state index is 0.0896. The first-order valence-corrected chi connectivity index (χ1v) is 19.5. The molecule has 4 fully saturated rings. The summed E-state index contributed by atoms with van der Waals surface area (Å²) in [7, 11) is 0. The summed E-state index contributed by atoms with van der Waals surface area (Å²) >= 11 is 0. The summed E-state index contributed by atoms with van der Waals surface area (Å²) in [6.07, 6.45) is -24.4. The molecule has 0 saturated carbocycles. The fraction of sp³-hybridized carbons (Fsp3) is 0.615. The van der Waals surface area contributed by atoms with Gasteiger partial charge in [0.1, 0.15) is 66.6 Å². The topological polar surface area (TPSA) is 374 Å². The minimum atomic E-state index is -2.10. The molecule has 0 aromatic heterocycles. The van der Waals surface area contributed by atoms with Crippen LogP contribution in [-0.2, 0) is 49.1 Å². The number of hydrogen-bond donors (Lipinski definition) is 14. The molecule has 0 radical (unpaired) electrons. The third-order valence-electron chi connectivity index (χ3n) is 11.1. The number of hydrogen-bond acceptors (Lipinski definition) is 23. The predicted octanol–water partition coefficient (Wildman–Crippen LogP) is -4.49. The normalized spacial score (nSPS) is 38.9. The quantitative estimate of drug-likeness (QED) is 0.0455. The second kappa shape index (κ2) is 20.3. The highest BCUT2D eigenvalue weighted by molar-refractivity contribution is 5.87. The lowest BCUT2D eigenvalue weighted by atomic mass is 9.81. The zero-order valence-corrected chi connectivity index (χ0v) is 32.7. The van der Waals surface area contributed by atoms with Crippen LogP contribution in [0.3, 0.4) is 0 Å². The number of benzene rings is 2. The average Bonchev–Trinajstić information content (AvgIpc) is 3.53. The summed E-state index contributed by atoms with van der Waals surface area (Å²) < 4.78 is 45.8. The van der Waals surface area contributed by atoms with Crippen LogP contribution in [0, 0.1) is 5.92 Å².